The molecule has 4 aromatic rings. The van der Waals surface area contributed by atoms with Crippen LogP contribution in [-0.4, -0.2) is 27.7 Å². The number of aromatic nitrogens is 2. The fourth-order valence-electron chi connectivity index (χ4n) is 3.79. The van der Waals surface area contributed by atoms with Crippen molar-refractivity contribution in [3.05, 3.63) is 90.4 Å². The number of pyridine rings is 1. The number of imidazole rings is 1. The maximum Gasteiger partial charge on any atom is 0.255 e. The van der Waals surface area contributed by atoms with Gasteiger partial charge in [-0.05, 0) is 61.0 Å². The third-order valence-corrected chi connectivity index (χ3v) is 5.41. The summed E-state index contributed by atoms with van der Waals surface area (Å²) in [6, 6.07) is 20.2. The fourth-order valence-corrected chi connectivity index (χ4v) is 3.79. The Bertz CT molecular complexity index is 1250. The number of hydrogen-bond acceptors (Lipinski definition) is 4. The lowest BCUT2D eigenvalue weighted by molar-refractivity contribution is -0.117. The van der Waals surface area contributed by atoms with Gasteiger partial charge in [0.15, 0.2) is 0 Å². The predicted octanol–water partition coefficient (Wildman–Crippen LogP) is 4.29. The maximum atomic E-state index is 12.7. The highest BCUT2D eigenvalue weighted by atomic mass is 16.5. The number of hydrogen-bond donors (Lipinski definition) is 1. The number of carbonyl (C=O) groups excluding carboxylic acids is 2. The van der Waals surface area contributed by atoms with Crippen molar-refractivity contribution in [3.8, 4) is 5.75 Å². The van der Waals surface area contributed by atoms with Gasteiger partial charge in [-0.2, -0.15) is 0 Å². The van der Waals surface area contributed by atoms with Gasteiger partial charge in [0.05, 0.1) is 5.69 Å². The van der Waals surface area contributed by atoms with E-state index in [0.717, 1.165) is 30.0 Å². The molecule has 7 heteroatoms. The lowest BCUT2D eigenvalue weighted by atomic mass is 10.2. The molecule has 5 rings (SSSR count). The smallest absolute Gasteiger partial charge is 0.255 e. The largest absolute Gasteiger partial charge is 0.487 e. The van der Waals surface area contributed by atoms with Crippen LogP contribution < -0.4 is 15.0 Å². The van der Waals surface area contributed by atoms with Crippen LogP contribution in [0.5, 0.6) is 5.75 Å². The molecule has 0 radical (unpaired) electrons. The van der Waals surface area contributed by atoms with Crippen molar-refractivity contribution in [1.82, 2.24) is 9.38 Å². The monoisotopic (exact) mass is 426 g/mol. The molecule has 0 saturated carbocycles. The average Bonchev–Trinajstić information content (AvgIpc) is 3.44. The first kappa shape index (κ1) is 19.8. The first-order valence-corrected chi connectivity index (χ1v) is 10.5. The molecule has 1 aliphatic heterocycles. The Morgan fingerprint density at radius 3 is 2.72 bits per heavy atom. The predicted molar refractivity (Wildman–Crippen MR) is 122 cm³/mol. The van der Waals surface area contributed by atoms with Gasteiger partial charge in [0, 0.05) is 42.3 Å². The van der Waals surface area contributed by atoms with Gasteiger partial charge in [-0.1, -0.05) is 12.1 Å². The second kappa shape index (κ2) is 8.55. The highest BCUT2D eigenvalue weighted by Gasteiger charge is 2.21. The molecule has 32 heavy (non-hydrogen) atoms. The van der Waals surface area contributed by atoms with Crippen LogP contribution in [0.25, 0.3) is 5.65 Å². The standard InChI is InChI=1S/C25H22N4O3/c30-24-8-4-14-29(24)21-11-9-19(10-12-21)27-25(31)18-5-3-6-22(15-18)32-17-20-16-28-13-2-1-7-23(28)26-20/h1-3,5-7,9-13,15-16H,4,8,14,17H2,(H,27,31). The Kier molecular flexibility index (Phi) is 5.29. The molecule has 0 bridgehead atoms. The van der Waals surface area contributed by atoms with Crippen LogP contribution in [0.2, 0.25) is 0 Å². The number of anilines is 2. The number of fused-ring (bicyclic) bond motifs is 1. The summed E-state index contributed by atoms with van der Waals surface area (Å²) >= 11 is 0. The highest BCUT2D eigenvalue weighted by Crippen LogP contribution is 2.23. The van der Waals surface area contributed by atoms with Crippen molar-refractivity contribution >= 4 is 28.8 Å². The number of nitrogens with zero attached hydrogens (tertiary/aromatic N) is 3. The maximum absolute atomic E-state index is 12.7. The molecule has 0 atom stereocenters. The minimum Gasteiger partial charge on any atom is -0.487 e. The van der Waals surface area contributed by atoms with Gasteiger partial charge in [-0.15, -0.1) is 0 Å². The van der Waals surface area contributed by atoms with Crippen LogP contribution in [0, 0.1) is 0 Å². The number of rotatable bonds is 6. The second-order valence-electron chi connectivity index (χ2n) is 7.66. The molecule has 2 amide bonds. The summed E-state index contributed by atoms with van der Waals surface area (Å²) in [6.45, 7) is 1.05. The zero-order chi connectivity index (χ0) is 21.9. The van der Waals surface area contributed by atoms with Crippen molar-refractivity contribution in [2.75, 3.05) is 16.8 Å². The Balaban J connectivity index is 1.22. The molecule has 2 aromatic carbocycles. The summed E-state index contributed by atoms with van der Waals surface area (Å²) in [5.74, 6) is 0.507. The Morgan fingerprint density at radius 2 is 1.94 bits per heavy atom. The van der Waals surface area contributed by atoms with E-state index in [1.54, 1.807) is 23.1 Å². The topological polar surface area (TPSA) is 75.9 Å². The van der Waals surface area contributed by atoms with Crippen LogP contribution in [0.15, 0.2) is 79.1 Å². The van der Waals surface area contributed by atoms with E-state index in [1.165, 1.54) is 0 Å². The summed E-state index contributed by atoms with van der Waals surface area (Å²) in [4.78, 5) is 30.9. The van der Waals surface area contributed by atoms with Gasteiger partial charge >= 0.3 is 0 Å². The molecule has 0 unspecified atom stereocenters. The van der Waals surface area contributed by atoms with Gasteiger partial charge in [-0.25, -0.2) is 4.98 Å². The molecule has 2 aromatic heterocycles. The van der Waals surface area contributed by atoms with E-state index in [-0.39, 0.29) is 11.8 Å². The second-order valence-corrected chi connectivity index (χ2v) is 7.66. The molecule has 3 heterocycles. The lowest BCUT2D eigenvalue weighted by Crippen LogP contribution is -2.23. The van der Waals surface area contributed by atoms with Gasteiger partial charge in [-0.3, -0.25) is 9.59 Å². The van der Waals surface area contributed by atoms with Crippen molar-refractivity contribution in [1.29, 1.82) is 0 Å². The van der Waals surface area contributed by atoms with E-state index < -0.39 is 0 Å². The zero-order valence-corrected chi connectivity index (χ0v) is 17.4. The number of benzene rings is 2. The van der Waals surface area contributed by atoms with Crippen LogP contribution in [0.1, 0.15) is 28.9 Å². The third kappa shape index (κ3) is 4.18. The third-order valence-electron chi connectivity index (χ3n) is 5.41. The number of nitrogens with one attached hydrogen (secondary N) is 1. The van der Waals surface area contributed by atoms with Gasteiger partial charge in [0.2, 0.25) is 5.91 Å². The summed E-state index contributed by atoms with van der Waals surface area (Å²) in [6.07, 6.45) is 5.33. The van der Waals surface area contributed by atoms with Crippen LogP contribution in [0.3, 0.4) is 0 Å². The molecular formula is C25H22N4O3. The van der Waals surface area contributed by atoms with Gasteiger partial charge < -0.3 is 19.4 Å². The minimum absolute atomic E-state index is 0.141. The zero-order valence-electron chi connectivity index (χ0n) is 17.4. The molecule has 0 aliphatic carbocycles. The number of amides is 2. The van der Waals surface area contributed by atoms with Crippen LogP contribution in [0.4, 0.5) is 11.4 Å². The molecule has 1 saturated heterocycles. The van der Waals surface area contributed by atoms with E-state index in [1.807, 2.05) is 65.3 Å². The molecule has 1 fully saturated rings. The van der Waals surface area contributed by atoms with Gasteiger partial charge in [0.1, 0.15) is 18.0 Å². The number of carbonyl (C=O) groups is 2. The molecule has 7 nitrogen and oxygen atoms in total. The Hall–Kier alpha value is -4.13. The lowest BCUT2D eigenvalue weighted by Gasteiger charge is -2.16. The molecule has 1 aliphatic rings. The highest BCUT2D eigenvalue weighted by molar-refractivity contribution is 6.04. The molecule has 160 valence electrons. The van der Waals surface area contributed by atoms with Crippen molar-refractivity contribution in [2.24, 2.45) is 0 Å². The summed E-state index contributed by atoms with van der Waals surface area (Å²) < 4.78 is 7.79. The van der Waals surface area contributed by atoms with Crippen molar-refractivity contribution in [3.63, 3.8) is 0 Å². The van der Waals surface area contributed by atoms with E-state index in [0.29, 0.717) is 30.0 Å². The number of ether oxygens (including phenoxy) is 1. The first-order chi connectivity index (χ1) is 15.7. The summed E-state index contributed by atoms with van der Waals surface area (Å²) in [5, 5.41) is 2.89. The van der Waals surface area contributed by atoms with Crippen molar-refractivity contribution < 1.29 is 14.3 Å². The van der Waals surface area contributed by atoms with E-state index in [9.17, 15) is 9.59 Å². The SMILES string of the molecule is O=C(Nc1ccc(N2CCCC2=O)cc1)c1cccc(OCc2cn3ccccc3n2)c1. The van der Waals surface area contributed by atoms with Gasteiger partial charge in [0.25, 0.3) is 5.91 Å². The quantitative estimate of drug-likeness (QED) is 0.499. The minimum atomic E-state index is -0.229. The average molecular weight is 426 g/mol. The molecule has 0 spiro atoms. The first-order valence-electron chi connectivity index (χ1n) is 10.5. The summed E-state index contributed by atoms with van der Waals surface area (Å²) in [7, 11) is 0. The normalized spacial score (nSPS) is 13.5. The van der Waals surface area contributed by atoms with E-state index >= 15 is 0 Å². The fraction of sp³-hybridized carbons (Fsp3) is 0.160. The van der Waals surface area contributed by atoms with Crippen LogP contribution in [-0.2, 0) is 11.4 Å². The Morgan fingerprint density at radius 1 is 1.06 bits per heavy atom. The van der Waals surface area contributed by atoms with Crippen molar-refractivity contribution in [2.45, 2.75) is 19.4 Å². The van der Waals surface area contributed by atoms with Crippen LogP contribution >= 0.6 is 0 Å². The molecule has 1 N–H and O–H groups in total. The Labute approximate surface area is 185 Å². The molecular weight excluding hydrogens is 404 g/mol. The van der Waals surface area contributed by atoms with E-state index in [4.69, 9.17) is 4.74 Å². The van der Waals surface area contributed by atoms with E-state index in [2.05, 4.69) is 10.3 Å². The summed E-state index contributed by atoms with van der Waals surface area (Å²) in [5.41, 5.74) is 3.69.